The number of rotatable bonds is 3. The topological polar surface area (TPSA) is 78.9 Å². The zero-order valence-corrected chi connectivity index (χ0v) is 10.8. The molecule has 2 fully saturated rings. The van der Waals surface area contributed by atoms with Crippen molar-refractivity contribution in [1.29, 1.82) is 0 Å². The number of hydrogen-bond donors (Lipinski definition) is 2. The number of ether oxygens (including phenoxy) is 1. The quantitative estimate of drug-likeness (QED) is 0.724. The molecule has 0 bridgehead atoms. The van der Waals surface area contributed by atoms with Crippen LogP contribution in [0.25, 0.3) is 0 Å². The number of likely N-dealkylation sites (tertiary alicyclic amines) is 1. The summed E-state index contributed by atoms with van der Waals surface area (Å²) in [6.07, 6.45) is 1.15. The normalized spacial score (nSPS) is 36.0. The first-order valence-corrected chi connectivity index (χ1v) is 6.34. The average Bonchev–Trinajstić information content (AvgIpc) is 2.93. The van der Waals surface area contributed by atoms with Gasteiger partial charge < -0.3 is 20.1 Å². The Bertz CT molecular complexity index is 347. The number of carbonyl (C=O) groups is 2. The summed E-state index contributed by atoms with van der Waals surface area (Å²) in [5.41, 5.74) is 0. The summed E-state index contributed by atoms with van der Waals surface area (Å²) >= 11 is 0. The predicted octanol–water partition coefficient (Wildman–Crippen LogP) is -0.315. The number of amides is 1. The fourth-order valence-electron chi connectivity index (χ4n) is 2.79. The molecule has 0 aromatic heterocycles. The van der Waals surface area contributed by atoms with Crippen LogP contribution < -0.4 is 5.32 Å². The van der Waals surface area contributed by atoms with E-state index < -0.39 is 12.0 Å². The van der Waals surface area contributed by atoms with Crippen molar-refractivity contribution in [2.24, 2.45) is 5.92 Å². The van der Waals surface area contributed by atoms with Crippen LogP contribution in [-0.4, -0.2) is 60.3 Å². The first-order chi connectivity index (χ1) is 8.54. The van der Waals surface area contributed by atoms with Gasteiger partial charge in [-0.05, 0) is 18.9 Å². The van der Waals surface area contributed by atoms with Gasteiger partial charge in [0.25, 0.3) is 0 Å². The number of nitrogens with zero attached hydrogens (tertiary/aromatic N) is 1. The summed E-state index contributed by atoms with van der Waals surface area (Å²) in [4.78, 5) is 25.0. The van der Waals surface area contributed by atoms with Crippen LogP contribution in [0.15, 0.2) is 0 Å². The van der Waals surface area contributed by atoms with E-state index in [0.717, 1.165) is 13.0 Å². The Morgan fingerprint density at radius 3 is 2.67 bits per heavy atom. The number of aliphatic carboxylic acids is 1. The van der Waals surface area contributed by atoms with Gasteiger partial charge in [-0.25, -0.2) is 4.79 Å². The molecule has 0 radical (unpaired) electrons. The van der Waals surface area contributed by atoms with E-state index in [1.54, 1.807) is 7.11 Å². The Morgan fingerprint density at radius 2 is 2.17 bits per heavy atom. The van der Waals surface area contributed by atoms with E-state index >= 15 is 0 Å². The predicted molar refractivity (Wildman–Crippen MR) is 64.1 cm³/mol. The van der Waals surface area contributed by atoms with E-state index in [1.165, 1.54) is 4.90 Å². The maximum Gasteiger partial charge on any atom is 0.326 e. The summed E-state index contributed by atoms with van der Waals surface area (Å²) in [6.45, 7) is 3.20. The van der Waals surface area contributed by atoms with Gasteiger partial charge in [-0.2, -0.15) is 0 Å². The number of methoxy groups -OCH3 is 1. The Balaban J connectivity index is 2.10. The van der Waals surface area contributed by atoms with Crippen molar-refractivity contribution >= 4 is 11.9 Å². The molecule has 18 heavy (non-hydrogen) atoms. The van der Waals surface area contributed by atoms with Gasteiger partial charge in [-0.15, -0.1) is 0 Å². The molecule has 4 unspecified atom stereocenters. The number of carboxylic acids is 1. The largest absolute Gasteiger partial charge is 0.480 e. The van der Waals surface area contributed by atoms with Crippen LogP contribution in [0.4, 0.5) is 0 Å². The molecule has 102 valence electrons. The van der Waals surface area contributed by atoms with Gasteiger partial charge >= 0.3 is 5.97 Å². The molecule has 0 saturated carbocycles. The lowest BCUT2D eigenvalue weighted by atomic mass is 10.0. The number of carbonyl (C=O) groups excluding carboxylic acids is 1. The third-order valence-corrected chi connectivity index (χ3v) is 3.96. The molecule has 6 nitrogen and oxygen atoms in total. The van der Waals surface area contributed by atoms with E-state index in [4.69, 9.17) is 4.74 Å². The molecular formula is C12H20N2O4. The zero-order valence-electron chi connectivity index (χ0n) is 10.8. The molecule has 2 aliphatic rings. The smallest absolute Gasteiger partial charge is 0.326 e. The highest BCUT2D eigenvalue weighted by Crippen LogP contribution is 2.24. The van der Waals surface area contributed by atoms with E-state index in [-0.39, 0.29) is 24.0 Å². The summed E-state index contributed by atoms with van der Waals surface area (Å²) in [7, 11) is 1.55. The first kappa shape index (κ1) is 13.3. The minimum atomic E-state index is -0.950. The minimum absolute atomic E-state index is 0.105. The third kappa shape index (κ3) is 2.35. The van der Waals surface area contributed by atoms with Gasteiger partial charge in [0.2, 0.25) is 5.91 Å². The summed E-state index contributed by atoms with van der Waals surface area (Å²) < 4.78 is 5.18. The van der Waals surface area contributed by atoms with Gasteiger partial charge in [0.15, 0.2) is 0 Å². The molecule has 2 heterocycles. The van der Waals surface area contributed by atoms with Crippen molar-refractivity contribution < 1.29 is 19.4 Å². The molecule has 0 aromatic carbocycles. The highest BCUT2D eigenvalue weighted by atomic mass is 16.5. The molecular weight excluding hydrogens is 236 g/mol. The van der Waals surface area contributed by atoms with Crippen molar-refractivity contribution in [3.05, 3.63) is 0 Å². The SMILES string of the molecule is COC1CC(C(=O)O)N(C(=O)C2NCCC2C)C1. The number of hydrogen-bond acceptors (Lipinski definition) is 4. The highest BCUT2D eigenvalue weighted by Gasteiger charge is 2.43. The molecule has 2 rings (SSSR count). The number of carboxylic acid groups (broad SMARTS) is 1. The van der Waals surface area contributed by atoms with E-state index in [2.05, 4.69) is 5.32 Å². The Morgan fingerprint density at radius 1 is 1.44 bits per heavy atom. The van der Waals surface area contributed by atoms with Crippen LogP contribution in [0.3, 0.4) is 0 Å². The summed E-state index contributed by atoms with van der Waals surface area (Å²) in [5.74, 6) is -0.797. The van der Waals surface area contributed by atoms with Gasteiger partial charge in [-0.3, -0.25) is 4.79 Å². The Labute approximate surface area is 106 Å². The van der Waals surface area contributed by atoms with Crippen molar-refractivity contribution in [3.8, 4) is 0 Å². The van der Waals surface area contributed by atoms with Gasteiger partial charge in [0.1, 0.15) is 6.04 Å². The first-order valence-electron chi connectivity index (χ1n) is 6.34. The van der Waals surface area contributed by atoms with Crippen LogP contribution in [0.5, 0.6) is 0 Å². The molecule has 2 N–H and O–H groups in total. The van der Waals surface area contributed by atoms with Crippen LogP contribution in [-0.2, 0) is 14.3 Å². The second kappa shape index (κ2) is 5.24. The van der Waals surface area contributed by atoms with Crippen LogP contribution >= 0.6 is 0 Å². The van der Waals surface area contributed by atoms with Crippen molar-refractivity contribution in [3.63, 3.8) is 0 Å². The van der Waals surface area contributed by atoms with Gasteiger partial charge in [0.05, 0.1) is 12.1 Å². The van der Waals surface area contributed by atoms with Crippen molar-refractivity contribution in [1.82, 2.24) is 10.2 Å². The molecule has 2 aliphatic heterocycles. The summed E-state index contributed by atoms with van der Waals surface area (Å²) in [6, 6.07) is -1.00. The lowest BCUT2D eigenvalue weighted by Gasteiger charge is -2.26. The van der Waals surface area contributed by atoms with Crippen molar-refractivity contribution in [2.75, 3.05) is 20.2 Å². The Hall–Kier alpha value is -1.14. The van der Waals surface area contributed by atoms with Crippen molar-refractivity contribution in [2.45, 2.75) is 38.0 Å². The van der Waals surface area contributed by atoms with Crippen LogP contribution in [0.1, 0.15) is 19.8 Å². The fraction of sp³-hybridized carbons (Fsp3) is 0.833. The van der Waals surface area contributed by atoms with Crippen LogP contribution in [0, 0.1) is 5.92 Å². The molecule has 1 amide bonds. The lowest BCUT2D eigenvalue weighted by Crippen LogP contribution is -2.50. The van der Waals surface area contributed by atoms with Gasteiger partial charge in [0, 0.05) is 20.1 Å². The second-order valence-corrected chi connectivity index (χ2v) is 5.14. The van der Waals surface area contributed by atoms with E-state index in [9.17, 15) is 14.7 Å². The average molecular weight is 256 g/mol. The molecule has 0 aromatic rings. The van der Waals surface area contributed by atoms with Crippen LogP contribution in [0.2, 0.25) is 0 Å². The minimum Gasteiger partial charge on any atom is -0.480 e. The van der Waals surface area contributed by atoms with E-state index in [1.807, 2.05) is 6.92 Å². The van der Waals surface area contributed by atoms with Gasteiger partial charge in [-0.1, -0.05) is 6.92 Å². The molecule has 0 spiro atoms. The monoisotopic (exact) mass is 256 g/mol. The molecule has 2 saturated heterocycles. The maximum absolute atomic E-state index is 12.4. The Kier molecular flexibility index (Phi) is 3.87. The number of nitrogens with one attached hydrogen (secondary N) is 1. The summed E-state index contributed by atoms with van der Waals surface area (Å²) in [5, 5.41) is 12.3. The van der Waals surface area contributed by atoms with E-state index in [0.29, 0.717) is 13.0 Å². The second-order valence-electron chi connectivity index (χ2n) is 5.14. The fourth-order valence-corrected chi connectivity index (χ4v) is 2.79. The third-order valence-electron chi connectivity index (χ3n) is 3.96. The zero-order chi connectivity index (χ0) is 13.3. The molecule has 0 aliphatic carbocycles. The lowest BCUT2D eigenvalue weighted by molar-refractivity contribution is -0.149. The molecule has 6 heteroatoms. The molecule has 4 atom stereocenters. The maximum atomic E-state index is 12.4. The standard InChI is InChI=1S/C12H20N2O4/c1-7-3-4-13-10(7)11(15)14-6-8(18-2)5-9(14)12(16)17/h7-10,13H,3-6H2,1-2H3,(H,16,17). The highest BCUT2D eigenvalue weighted by molar-refractivity contribution is 5.88.